The number of benzene rings is 3. The Morgan fingerprint density at radius 3 is 2.45 bits per heavy atom. The maximum Gasteiger partial charge on any atom is 0.253 e. The van der Waals surface area contributed by atoms with E-state index in [2.05, 4.69) is 12.1 Å². The molecule has 1 amide bonds. The molecule has 1 aromatic heterocycles. The van der Waals surface area contributed by atoms with Gasteiger partial charge in [0.15, 0.2) is 5.13 Å². The zero-order chi connectivity index (χ0) is 20.1. The molecule has 5 heteroatoms. The van der Waals surface area contributed by atoms with E-state index < -0.39 is 0 Å². The fourth-order valence-corrected chi connectivity index (χ4v) is 4.64. The second-order valence-corrected chi connectivity index (χ2v) is 8.31. The van der Waals surface area contributed by atoms with E-state index in [1.807, 2.05) is 79.1 Å². The number of thiazole rings is 1. The van der Waals surface area contributed by atoms with Gasteiger partial charge in [-0.2, -0.15) is 0 Å². The summed E-state index contributed by atoms with van der Waals surface area (Å²) in [5.41, 5.74) is 3.02. The number of nitrogens with zero attached hydrogens (tertiary/aromatic N) is 2. The molecule has 3 aromatic carbocycles. The minimum Gasteiger partial charge on any atom is -0.280 e. The molecule has 4 aromatic rings. The van der Waals surface area contributed by atoms with Crippen LogP contribution in [-0.4, -0.2) is 17.1 Å². The Balaban J connectivity index is 1.70. The number of para-hydroxylation sites is 1. The fourth-order valence-electron chi connectivity index (χ4n) is 3.02. The van der Waals surface area contributed by atoms with Crippen LogP contribution in [0.5, 0.6) is 0 Å². The molecule has 144 valence electrons. The highest BCUT2D eigenvalue weighted by atomic mass is 32.2. The first-order valence-electron chi connectivity index (χ1n) is 9.27. The zero-order valence-electron chi connectivity index (χ0n) is 16.0. The first-order chi connectivity index (χ1) is 14.2. The van der Waals surface area contributed by atoms with Crippen molar-refractivity contribution in [2.24, 2.45) is 0 Å². The minimum absolute atomic E-state index is 0.0811. The van der Waals surface area contributed by atoms with Gasteiger partial charge in [-0.25, -0.2) is 4.98 Å². The minimum atomic E-state index is -0.0811. The molecule has 0 N–H and O–H groups in total. The van der Waals surface area contributed by atoms with Crippen LogP contribution in [0.25, 0.3) is 16.3 Å². The van der Waals surface area contributed by atoms with Crippen molar-refractivity contribution in [1.29, 1.82) is 0 Å². The Kier molecular flexibility index (Phi) is 6.08. The Hall–Kier alpha value is -2.89. The first kappa shape index (κ1) is 19.4. The van der Waals surface area contributed by atoms with E-state index in [4.69, 9.17) is 4.98 Å². The van der Waals surface area contributed by atoms with E-state index in [0.29, 0.717) is 11.7 Å². The molecule has 0 spiro atoms. The number of hydrogen-bond donors (Lipinski definition) is 0. The van der Waals surface area contributed by atoms with Crippen LogP contribution in [0.1, 0.15) is 11.1 Å². The monoisotopic (exact) mass is 416 g/mol. The molecule has 0 saturated carbocycles. The number of carbonyl (C=O) groups excluding carboxylic acids is 1. The molecular formula is C24H20N2OS2. The normalized spacial score (nSPS) is 11.2. The van der Waals surface area contributed by atoms with Crippen molar-refractivity contribution in [3.8, 4) is 0 Å². The van der Waals surface area contributed by atoms with Crippen molar-refractivity contribution in [2.75, 3.05) is 11.2 Å². The lowest BCUT2D eigenvalue weighted by atomic mass is 10.2. The molecule has 29 heavy (non-hydrogen) atoms. The van der Waals surface area contributed by atoms with E-state index in [1.54, 1.807) is 34.1 Å². The Morgan fingerprint density at radius 2 is 1.72 bits per heavy atom. The van der Waals surface area contributed by atoms with Crippen LogP contribution >= 0.6 is 23.1 Å². The molecule has 1 heterocycles. The summed E-state index contributed by atoms with van der Waals surface area (Å²) in [6.07, 6.45) is 5.52. The summed E-state index contributed by atoms with van der Waals surface area (Å²) in [5.74, 6) is -0.0811. The van der Waals surface area contributed by atoms with Gasteiger partial charge in [0.25, 0.3) is 5.91 Å². The molecule has 0 fully saturated rings. The quantitative estimate of drug-likeness (QED) is 0.274. The molecule has 0 atom stereocenters. The Labute approximate surface area is 178 Å². The summed E-state index contributed by atoms with van der Waals surface area (Å²) in [4.78, 5) is 20.9. The smallest absolute Gasteiger partial charge is 0.253 e. The maximum atomic E-state index is 13.2. The van der Waals surface area contributed by atoms with E-state index in [0.717, 1.165) is 26.2 Å². The van der Waals surface area contributed by atoms with Crippen molar-refractivity contribution in [2.45, 2.75) is 11.4 Å². The van der Waals surface area contributed by atoms with Gasteiger partial charge in [-0.1, -0.05) is 78.1 Å². The standard InChI is InChI=1S/C24H20N2OS2/c1-28-20-13-8-14-21-23(20)25-24(29-21)26(17-19-11-6-3-7-12-19)22(27)16-15-18-9-4-2-5-10-18/h2-16H,17H2,1H3/b16-15+. The highest BCUT2D eigenvalue weighted by Gasteiger charge is 2.19. The van der Waals surface area contributed by atoms with Crippen LogP contribution in [0, 0.1) is 0 Å². The van der Waals surface area contributed by atoms with Gasteiger partial charge < -0.3 is 0 Å². The molecule has 0 saturated heterocycles. The first-order valence-corrected chi connectivity index (χ1v) is 11.3. The fraction of sp³-hybridized carbons (Fsp3) is 0.0833. The molecule has 0 unspecified atom stereocenters. The summed E-state index contributed by atoms with van der Waals surface area (Å²) in [6, 6.07) is 26.0. The predicted octanol–water partition coefficient (Wildman–Crippen LogP) is 6.26. The third kappa shape index (κ3) is 4.58. The molecule has 4 rings (SSSR count). The number of anilines is 1. The average molecular weight is 417 g/mol. The molecule has 0 bridgehead atoms. The molecule has 0 aliphatic rings. The van der Waals surface area contributed by atoms with Crippen LogP contribution in [0.2, 0.25) is 0 Å². The number of aromatic nitrogens is 1. The highest BCUT2D eigenvalue weighted by Crippen LogP contribution is 2.34. The summed E-state index contributed by atoms with van der Waals surface area (Å²) in [7, 11) is 0. The second kappa shape index (κ2) is 9.07. The van der Waals surface area contributed by atoms with Crippen molar-refractivity contribution < 1.29 is 4.79 Å². The molecular weight excluding hydrogens is 396 g/mol. The lowest BCUT2D eigenvalue weighted by molar-refractivity contribution is -0.114. The highest BCUT2D eigenvalue weighted by molar-refractivity contribution is 7.98. The van der Waals surface area contributed by atoms with E-state index in [-0.39, 0.29) is 5.91 Å². The predicted molar refractivity (Wildman–Crippen MR) is 125 cm³/mol. The van der Waals surface area contributed by atoms with Crippen LogP contribution in [0.4, 0.5) is 5.13 Å². The van der Waals surface area contributed by atoms with Crippen molar-refractivity contribution in [3.05, 3.63) is 96.1 Å². The Bertz CT molecular complexity index is 1140. The van der Waals surface area contributed by atoms with Gasteiger partial charge >= 0.3 is 0 Å². The maximum absolute atomic E-state index is 13.2. The van der Waals surface area contributed by atoms with Gasteiger partial charge in [0.1, 0.15) is 0 Å². The second-order valence-electron chi connectivity index (χ2n) is 6.46. The van der Waals surface area contributed by atoms with Gasteiger partial charge in [-0.05, 0) is 35.6 Å². The number of carbonyl (C=O) groups is 1. The number of rotatable bonds is 6. The van der Waals surface area contributed by atoms with Gasteiger partial charge in [0.05, 0.1) is 16.8 Å². The number of hydrogen-bond acceptors (Lipinski definition) is 4. The third-order valence-corrected chi connectivity index (χ3v) is 6.30. The lowest BCUT2D eigenvalue weighted by Crippen LogP contribution is -2.28. The van der Waals surface area contributed by atoms with Crippen LogP contribution in [0.3, 0.4) is 0 Å². The Morgan fingerprint density at radius 1 is 1.00 bits per heavy atom. The van der Waals surface area contributed by atoms with Crippen LogP contribution < -0.4 is 4.90 Å². The van der Waals surface area contributed by atoms with Gasteiger partial charge in [0.2, 0.25) is 0 Å². The number of amides is 1. The lowest BCUT2D eigenvalue weighted by Gasteiger charge is -2.18. The molecule has 0 radical (unpaired) electrons. The molecule has 0 aliphatic heterocycles. The summed E-state index contributed by atoms with van der Waals surface area (Å²) < 4.78 is 1.09. The number of fused-ring (bicyclic) bond motifs is 1. The van der Waals surface area contributed by atoms with Gasteiger partial charge in [-0.3, -0.25) is 9.69 Å². The average Bonchev–Trinajstić information content (AvgIpc) is 3.21. The summed E-state index contributed by atoms with van der Waals surface area (Å²) >= 11 is 3.22. The van der Waals surface area contributed by atoms with Crippen molar-refractivity contribution in [1.82, 2.24) is 4.98 Å². The van der Waals surface area contributed by atoms with E-state index in [1.165, 1.54) is 0 Å². The molecule has 3 nitrogen and oxygen atoms in total. The zero-order valence-corrected chi connectivity index (χ0v) is 17.6. The van der Waals surface area contributed by atoms with Gasteiger partial charge in [0, 0.05) is 11.0 Å². The topological polar surface area (TPSA) is 33.2 Å². The van der Waals surface area contributed by atoms with Crippen molar-refractivity contribution in [3.63, 3.8) is 0 Å². The van der Waals surface area contributed by atoms with E-state index in [9.17, 15) is 4.79 Å². The number of thioether (sulfide) groups is 1. The molecule has 0 aliphatic carbocycles. The SMILES string of the molecule is CSc1cccc2sc(N(Cc3ccccc3)C(=O)/C=C/c3ccccc3)nc12. The van der Waals surface area contributed by atoms with Gasteiger partial charge in [-0.15, -0.1) is 11.8 Å². The summed E-state index contributed by atoms with van der Waals surface area (Å²) in [6.45, 7) is 0.479. The largest absolute Gasteiger partial charge is 0.280 e. The van der Waals surface area contributed by atoms with Crippen LogP contribution in [-0.2, 0) is 11.3 Å². The third-order valence-electron chi connectivity index (χ3n) is 4.49. The van der Waals surface area contributed by atoms with Crippen LogP contribution in [0.15, 0.2) is 89.8 Å². The van der Waals surface area contributed by atoms with E-state index >= 15 is 0 Å². The summed E-state index contributed by atoms with van der Waals surface area (Å²) in [5, 5.41) is 0.716. The van der Waals surface area contributed by atoms with Crippen molar-refractivity contribution >= 4 is 50.4 Å².